The van der Waals surface area contributed by atoms with Gasteiger partial charge >= 0.3 is 0 Å². The second-order valence-electron chi connectivity index (χ2n) is 1.95. The number of halogens is 2. The minimum atomic E-state index is 0.420. The molecule has 1 aromatic heterocycles. The van der Waals surface area contributed by atoms with Crippen molar-refractivity contribution in [3.8, 4) is 5.75 Å². The minimum absolute atomic E-state index is 0.420. The summed E-state index contributed by atoms with van der Waals surface area (Å²) in [6, 6.07) is 1.79. The van der Waals surface area contributed by atoms with Crippen LogP contribution in [-0.2, 0) is 5.88 Å². The molecule has 0 N–H and O–H groups in total. The zero-order valence-corrected chi connectivity index (χ0v) is 8.32. The molecule has 0 aromatic carbocycles. The van der Waals surface area contributed by atoms with Gasteiger partial charge in [-0.1, -0.05) is 0 Å². The molecule has 0 saturated carbocycles. The van der Waals surface area contributed by atoms with Crippen LogP contribution in [-0.4, -0.2) is 12.1 Å². The summed E-state index contributed by atoms with van der Waals surface area (Å²) in [6.07, 6.45) is 1.69. The molecule has 0 unspecified atom stereocenters. The van der Waals surface area contributed by atoms with Crippen LogP contribution in [0.15, 0.2) is 16.9 Å². The molecule has 0 saturated heterocycles. The van der Waals surface area contributed by atoms with E-state index in [2.05, 4.69) is 20.9 Å². The largest absolute Gasteiger partial charge is 0.496 e. The van der Waals surface area contributed by atoms with Crippen LogP contribution < -0.4 is 4.74 Å². The van der Waals surface area contributed by atoms with Crippen molar-refractivity contribution in [3.63, 3.8) is 0 Å². The van der Waals surface area contributed by atoms with Crippen LogP contribution in [0.25, 0.3) is 0 Å². The molecule has 0 aliphatic carbocycles. The summed E-state index contributed by atoms with van der Waals surface area (Å²) in [5, 5.41) is 0. The van der Waals surface area contributed by atoms with E-state index in [1.165, 1.54) is 0 Å². The van der Waals surface area contributed by atoms with Crippen LogP contribution in [0, 0.1) is 0 Å². The molecule has 11 heavy (non-hydrogen) atoms. The summed E-state index contributed by atoms with van der Waals surface area (Å²) in [7, 11) is 1.61. The maximum Gasteiger partial charge on any atom is 0.127 e. The van der Waals surface area contributed by atoms with Crippen molar-refractivity contribution in [1.29, 1.82) is 0 Å². The van der Waals surface area contributed by atoms with Gasteiger partial charge in [0.15, 0.2) is 0 Å². The summed E-state index contributed by atoms with van der Waals surface area (Å²) in [4.78, 5) is 4.01. The molecular formula is C7H7BrClNO. The van der Waals surface area contributed by atoms with Crippen LogP contribution in [0.3, 0.4) is 0 Å². The van der Waals surface area contributed by atoms with E-state index < -0.39 is 0 Å². The van der Waals surface area contributed by atoms with Crippen molar-refractivity contribution < 1.29 is 4.74 Å². The highest BCUT2D eigenvalue weighted by atomic mass is 79.9. The molecule has 0 aliphatic heterocycles. The van der Waals surface area contributed by atoms with Gasteiger partial charge in [-0.2, -0.15) is 0 Å². The van der Waals surface area contributed by atoms with Crippen molar-refractivity contribution in [2.75, 3.05) is 7.11 Å². The third kappa shape index (κ3) is 2.07. The molecule has 0 atom stereocenters. The predicted molar refractivity (Wildman–Crippen MR) is 48.0 cm³/mol. The van der Waals surface area contributed by atoms with Crippen LogP contribution in [0.4, 0.5) is 0 Å². The first-order valence-corrected chi connectivity index (χ1v) is 4.35. The van der Waals surface area contributed by atoms with E-state index in [0.717, 1.165) is 15.9 Å². The number of ether oxygens (including phenoxy) is 1. The molecular weight excluding hydrogens is 229 g/mol. The Morgan fingerprint density at radius 1 is 1.73 bits per heavy atom. The van der Waals surface area contributed by atoms with Crippen molar-refractivity contribution in [3.05, 3.63) is 22.4 Å². The van der Waals surface area contributed by atoms with Gasteiger partial charge < -0.3 is 4.74 Å². The smallest absolute Gasteiger partial charge is 0.127 e. The summed E-state index contributed by atoms with van der Waals surface area (Å²) in [6.45, 7) is 0. The molecule has 0 fully saturated rings. The lowest BCUT2D eigenvalue weighted by Crippen LogP contribution is -1.90. The highest BCUT2D eigenvalue weighted by molar-refractivity contribution is 9.10. The molecule has 2 nitrogen and oxygen atoms in total. The highest BCUT2D eigenvalue weighted by Crippen LogP contribution is 2.22. The minimum Gasteiger partial charge on any atom is -0.496 e. The Hall–Kier alpha value is -0.280. The maximum atomic E-state index is 5.63. The van der Waals surface area contributed by atoms with Crippen LogP contribution in [0.2, 0.25) is 0 Å². The summed E-state index contributed by atoms with van der Waals surface area (Å²) in [5.41, 5.74) is 0.900. The number of aromatic nitrogens is 1. The van der Waals surface area contributed by atoms with Gasteiger partial charge in [0.1, 0.15) is 10.4 Å². The lowest BCUT2D eigenvalue weighted by molar-refractivity contribution is 0.410. The zero-order valence-electron chi connectivity index (χ0n) is 5.97. The lowest BCUT2D eigenvalue weighted by atomic mass is 10.3. The van der Waals surface area contributed by atoms with Gasteiger partial charge in [0.2, 0.25) is 0 Å². The number of rotatable bonds is 2. The van der Waals surface area contributed by atoms with Crippen LogP contribution in [0.5, 0.6) is 5.75 Å². The molecule has 1 aromatic rings. The van der Waals surface area contributed by atoms with Gasteiger partial charge in [-0.05, 0) is 15.9 Å². The molecule has 4 heteroatoms. The lowest BCUT2D eigenvalue weighted by Gasteiger charge is -2.04. The standard InChI is InChI=1S/C7H7BrClNO/c1-11-6-2-7(8)10-4-5(6)3-9/h2,4H,3H2,1H3. The number of nitrogens with zero attached hydrogens (tertiary/aromatic N) is 1. The van der Waals surface area contributed by atoms with Crippen molar-refractivity contribution in [1.82, 2.24) is 4.98 Å². The Morgan fingerprint density at radius 3 is 3.00 bits per heavy atom. The molecule has 60 valence electrons. The Bertz CT molecular complexity index is 254. The molecule has 1 heterocycles. The van der Waals surface area contributed by atoms with Crippen molar-refractivity contribution >= 4 is 27.5 Å². The Balaban J connectivity index is 3.06. The predicted octanol–water partition coefficient (Wildman–Crippen LogP) is 2.59. The summed E-state index contributed by atoms with van der Waals surface area (Å²) < 4.78 is 5.82. The Morgan fingerprint density at radius 2 is 2.45 bits per heavy atom. The van der Waals surface area contributed by atoms with Gasteiger partial charge in [-0.15, -0.1) is 11.6 Å². The quantitative estimate of drug-likeness (QED) is 0.582. The van der Waals surface area contributed by atoms with E-state index in [1.54, 1.807) is 19.4 Å². The van der Waals surface area contributed by atoms with Crippen LogP contribution >= 0.6 is 27.5 Å². The number of methoxy groups -OCH3 is 1. The topological polar surface area (TPSA) is 22.1 Å². The number of hydrogen-bond acceptors (Lipinski definition) is 2. The van der Waals surface area contributed by atoms with Crippen molar-refractivity contribution in [2.45, 2.75) is 5.88 Å². The van der Waals surface area contributed by atoms with E-state index in [1.807, 2.05) is 0 Å². The Labute approximate surface area is 78.7 Å². The second kappa shape index (κ2) is 3.93. The molecule has 0 aliphatic rings. The Kier molecular flexibility index (Phi) is 3.15. The average Bonchev–Trinajstić information content (AvgIpc) is 2.04. The fraction of sp³-hybridized carbons (Fsp3) is 0.286. The molecule has 0 bridgehead atoms. The SMILES string of the molecule is COc1cc(Br)ncc1CCl. The van der Waals surface area contributed by atoms with E-state index in [9.17, 15) is 0 Å². The van der Waals surface area contributed by atoms with E-state index in [0.29, 0.717) is 5.88 Å². The van der Waals surface area contributed by atoms with Gasteiger partial charge in [-0.3, -0.25) is 0 Å². The summed E-state index contributed by atoms with van der Waals surface area (Å²) in [5.74, 6) is 1.19. The fourth-order valence-corrected chi connectivity index (χ4v) is 1.24. The monoisotopic (exact) mass is 235 g/mol. The molecule has 0 amide bonds. The zero-order chi connectivity index (χ0) is 8.27. The van der Waals surface area contributed by atoms with E-state index in [4.69, 9.17) is 16.3 Å². The van der Waals surface area contributed by atoms with E-state index in [-0.39, 0.29) is 0 Å². The van der Waals surface area contributed by atoms with Gasteiger partial charge in [-0.25, -0.2) is 4.98 Å². The maximum absolute atomic E-state index is 5.63. The first kappa shape index (κ1) is 8.81. The first-order chi connectivity index (χ1) is 5.27. The molecule has 1 rings (SSSR count). The van der Waals surface area contributed by atoms with Gasteiger partial charge in [0, 0.05) is 17.8 Å². The molecule has 0 spiro atoms. The second-order valence-corrected chi connectivity index (χ2v) is 3.03. The third-order valence-corrected chi connectivity index (χ3v) is 2.00. The average molecular weight is 236 g/mol. The van der Waals surface area contributed by atoms with Gasteiger partial charge in [0.25, 0.3) is 0 Å². The normalized spacial score (nSPS) is 9.73. The van der Waals surface area contributed by atoms with Crippen molar-refractivity contribution in [2.24, 2.45) is 0 Å². The van der Waals surface area contributed by atoms with Gasteiger partial charge in [0.05, 0.1) is 13.0 Å². The van der Waals surface area contributed by atoms with E-state index >= 15 is 0 Å². The highest BCUT2D eigenvalue weighted by Gasteiger charge is 2.01. The summed E-state index contributed by atoms with van der Waals surface area (Å²) >= 11 is 8.86. The fourth-order valence-electron chi connectivity index (χ4n) is 0.732. The first-order valence-electron chi connectivity index (χ1n) is 3.02. The third-order valence-electron chi connectivity index (χ3n) is 1.27. The number of hydrogen-bond donors (Lipinski definition) is 0. The van der Waals surface area contributed by atoms with Crippen LogP contribution in [0.1, 0.15) is 5.56 Å². The number of alkyl halides is 1. The molecule has 0 radical (unpaired) electrons. The number of pyridine rings is 1.